The van der Waals surface area contributed by atoms with Crippen LogP contribution in [0.4, 0.5) is 13.2 Å². The molecule has 0 spiro atoms. The predicted octanol–water partition coefficient (Wildman–Crippen LogP) is 4.10. The Morgan fingerprint density at radius 1 is 1.07 bits per heavy atom. The van der Waals surface area contributed by atoms with Gasteiger partial charge in [-0.05, 0) is 43.7 Å². The highest BCUT2D eigenvalue weighted by Crippen LogP contribution is 2.27. The van der Waals surface area contributed by atoms with Crippen LogP contribution in [0, 0.1) is 11.8 Å². The summed E-state index contributed by atoms with van der Waals surface area (Å²) in [5, 5.41) is 0. The molecule has 2 aliphatic rings. The lowest BCUT2D eigenvalue weighted by atomic mass is 9.92. The number of benzene rings is 1. The van der Waals surface area contributed by atoms with E-state index < -0.39 is 6.36 Å². The van der Waals surface area contributed by atoms with Crippen LogP contribution in [0.1, 0.15) is 38.2 Å². The molecule has 0 saturated carbocycles. The van der Waals surface area contributed by atoms with E-state index in [2.05, 4.69) is 11.7 Å². The summed E-state index contributed by atoms with van der Waals surface area (Å²) in [6.07, 6.45) is 1.19. The molecule has 2 heterocycles. The van der Waals surface area contributed by atoms with Crippen LogP contribution in [0.2, 0.25) is 0 Å². The first kappa shape index (κ1) is 22.2. The van der Waals surface area contributed by atoms with Crippen molar-refractivity contribution >= 4 is 17.9 Å². The van der Waals surface area contributed by atoms with Crippen molar-refractivity contribution in [3.63, 3.8) is 0 Å². The molecule has 1 aromatic rings. The molecule has 0 aliphatic carbocycles. The Morgan fingerprint density at radius 2 is 1.77 bits per heavy atom. The van der Waals surface area contributed by atoms with Crippen LogP contribution in [0.5, 0.6) is 5.75 Å². The summed E-state index contributed by atoms with van der Waals surface area (Å²) < 4.78 is 41.5. The number of hydrogen-bond acceptors (Lipinski definition) is 3. The van der Waals surface area contributed by atoms with E-state index in [9.17, 15) is 22.8 Å². The third-order valence-electron chi connectivity index (χ3n) is 5.67. The molecule has 2 saturated heterocycles. The van der Waals surface area contributed by atoms with E-state index in [1.807, 2.05) is 4.90 Å². The van der Waals surface area contributed by atoms with Gasteiger partial charge in [0.25, 0.3) is 0 Å². The summed E-state index contributed by atoms with van der Waals surface area (Å²) in [6, 6.07) is 5.67. The number of alkyl halides is 3. The molecular formula is C22H27F3N2O3. The lowest BCUT2D eigenvalue weighted by Gasteiger charge is -2.37. The first-order chi connectivity index (χ1) is 14.2. The highest BCUT2D eigenvalue weighted by molar-refractivity contribution is 5.92. The van der Waals surface area contributed by atoms with Crippen LogP contribution in [-0.2, 0) is 9.59 Å². The van der Waals surface area contributed by atoms with E-state index >= 15 is 0 Å². The maximum atomic E-state index is 12.7. The van der Waals surface area contributed by atoms with Crippen LogP contribution in [0.25, 0.3) is 6.08 Å². The third-order valence-corrected chi connectivity index (χ3v) is 5.67. The Hall–Kier alpha value is -2.51. The average molecular weight is 424 g/mol. The smallest absolute Gasteiger partial charge is 0.405 e. The predicted molar refractivity (Wildman–Crippen MR) is 106 cm³/mol. The Kier molecular flexibility index (Phi) is 7.05. The monoisotopic (exact) mass is 424 g/mol. The molecule has 0 bridgehead atoms. The fraction of sp³-hybridized carbons (Fsp3) is 0.545. The Balaban J connectivity index is 1.54. The first-order valence-electron chi connectivity index (χ1n) is 10.3. The van der Waals surface area contributed by atoms with E-state index in [0.29, 0.717) is 31.8 Å². The standard InChI is InChI=1S/C22H27F3N2O3/c1-16-5-4-12-27(15-16)21(29)18-10-13-26(14-11-18)20(28)9-8-17-6-2-3-7-19(17)30-22(23,24)25/h2-3,6-9,16,18H,4-5,10-15H2,1H3/b9-8+. The van der Waals surface area contributed by atoms with Crippen LogP contribution in [-0.4, -0.2) is 54.2 Å². The van der Waals surface area contributed by atoms with Gasteiger partial charge in [0, 0.05) is 43.7 Å². The van der Waals surface area contributed by atoms with E-state index in [-0.39, 0.29) is 29.0 Å². The van der Waals surface area contributed by atoms with Gasteiger partial charge in [-0.15, -0.1) is 13.2 Å². The van der Waals surface area contributed by atoms with Gasteiger partial charge < -0.3 is 14.5 Å². The molecular weight excluding hydrogens is 397 g/mol. The zero-order valence-corrected chi connectivity index (χ0v) is 17.0. The second-order valence-electron chi connectivity index (χ2n) is 8.05. The topological polar surface area (TPSA) is 49.9 Å². The number of nitrogens with zero attached hydrogens (tertiary/aromatic N) is 2. The van der Waals surface area contributed by atoms with Gasteiger partial charge in [0.2, 0.25) is 11.8 Å². The average Bonchev–Trinajstić information content (AvgIpc) is 2.71. The minimum Gasteiger partial charge on any atom is -0.405 e. The number of likely N-dealkylation sites (tertiary alicyclic amines) is 2. The van der Waals surface area contributed by atoms with Crippen molar-refractivity contribution in [3.05, 3.63) is 35.9 Å². The number of amides is 2. The summed E-state index contributed by atoms with van der Waals surface area (Å²) in [6.45, 7) is 4.70. The van der Waals surface area contributed by atoms with Crippen molar-refractivity contribution in [2.24, 2.45) is 11.8 Å². The van der Waals surface area contributed by atoms with Gasteiger partial charge in [-0.1, -0.05) is 25.1 Å². The zero-order chi connectivity index (χ0) is 21.7. The molecule has 1 atom stereocenters. The van der Waals surface area contributed by atoms with E-state index in [1.54, 1.807) is 11.0 Å². The number of halogens is 3. The molecule has 1 unspecified atom stereocenters. The van der Waals surface area contributed by atoms with Crippen molar-refractivity contribution in [3.8, 4) is 5.75 Å². The zero-order valence-electron chi connectivity index (χ0n) is 17.0. The fourth-order valence-corrected chi connectivity index (χ4v) is 4.10. The van der Waals surface area contributed by atoms with Crippen molar-refractivity contribution in [2.75, 3.05) is 26.2 Å². The van der Waals surface area contributed by atoms with Gasteiger partial charge in [-0.2, -0.15) is 0 Å². The summed E-state index contributed by atoms with van der Waals surface area (Å²) in [5.74, 6) is 0.00814. The normalized spacial score (nSPS) is 21.1. The third kappa shape index (κ3) is 6.00. The highest BCUT2D eigenvalue weighted by Gasteiger charge is 2.32. The van der Waals surface area contributed by atoms with Crippen LogP contribution in [0.3, 0.4) is 0 Å². The van der Waals surface area contributed by atoms with E-state index in [0.717, 1.165) is 25.9 Å². The van der Waals surface area contributed by atoms with Gasteiger partial charge in [-0.3, -0.25) is 9.59 Å². The number of rotatable bonds is 4. The number of ether oxygens (including phenoxy) is 1. The first-order valence-corrected chi connectivity index (χ1v) is 10.3. The lowest BCUT2D eigenvalue weighted by Crippen LogP contribution is -2.46. The second-order valence-corrected chi connectivity index (χ2v) is 8.05. The SMILES string of the molecule is CC1CCCN(C(=O)C2CCN(C(=O)/C=C/c3ccccc3OC(F)(F)F)CC2)C1. The summed E-state index contributed by atoms with van der Waals surface area (Å²) >= 11 is 0. The second kappa shape index (κ2) is 9.53. The molecule has 2 aliphatic heterocycles. The molecule has 1 aromatic carbocycles. The van der Waals surface area contributed by atoms with Crippen LogP contribution >= 0.6 is 0 Å². The Morgan fingerprint density at radius 3 is 2.43 bits per heavy atom. The van der Waals surface area contributed by atoms with Crippen molar-refractivity contribution in [1.82, 2.24) is 9.80 Å². The summed E-state index contributed by atoms with van der Waals surface area (Å²) in [5.41, 5.74) is 0.174. The molecule has 5 nitrogen and oxygen atoms in total. The molecule has 8 heteroatoms. The quantitative estimate of drug-likeness (QED) is 0.684. The number of carbonyl (C=O) groups is 2. The van der Waals surface area contributed by atoms with Crippen molar-refractivity contribution in [1.29, 1.82) is 0 Å². The fourth-order valence-electron chi connectivity index (χ4n) is 4.10. The molecule has 0 N–H and O–H groups in total. The van der Waals surface area contributed by atoms with Gasteiger partial charge in [0.15, 0.2) is 0 Å². The minimum atomic E-state index is -4.80. The molecule has 3 rings (SSSR count). The number of para-hydroxylation sites is 1. The maximum absolute atomic E-state index is 12.7. The molecule has 164 valence electrons. The van der Waals surface area contributed by atoms with Crippen LogP contribution in [0.15, 0.2) is 30.3 Å². The largest absolute Gasteiger partial charge is 0.573 e. The molecule has 0 aromatic heterocycles. The van der Waals surface area contributed by atoms with Crippen LogP contribution < -0.4 is 4.74 Å². The summed E-state index contributed by atoms with van der Waals surface area (Å²) in [7, 11) is 0. The van der Waals surface area contributed by atoms with E-state index in [1.165, 1.54) is 30.4 Å². The van der Waals surface area contributed by atoms with Gasteiger partial charge in [-0.25, -0.2) is 0 Å². The maximum Gasteiger partial charge on any atom is 0.573 e. The molecule has 2 fully saturated rings. The molecule has 30 heavy (non-hydrogen) atoms. The van der Waals surface area contributed by atoms with Gasteiger partial charge in [0.1, 0.15) is 5.75 Å². The Bertz CT molecular complexity index is 786. The lowest BCUT2D eigenvalue weighted by molar-refractivity contribution is -0.274. The molecule has 2 amide bonds. The van der Waals surface area contributed by atoms with Gasteiger partial charge >= 0.3 is 6.36 Å². The Labute approximate surface area is 174 Å². The summed E-state index contributed by atoms with van der Waals surface area (Å²) in [4.78, 5) is 28.8. The highest BCUT2D eigenvalue weighted by atomic mass is 19.4. The number of piperidine rings is 2. The van der Waals surface area contributed by atoms with Crippen molar-refractivity contribution < 1.29 is 27.5 Å². The molecule has 0 radical (unpaired) electrons. The number of hydrogen-bond donors (Lipinski definition) is 0. The van der Waals surface area contributed by atoms with E-state index in [4.69, 9.17) is 0 Å². The van der Waals surface area contributed by atoms with Gasteiger partial charge in [0.05, 0.1) is 0 Å². The number of carbonyl (C=O) groups excluding carboxylic acids is 2. The van der Waals surface area contributed by atoms with Crippen molar-refractivity contribution in [2.45, 2.75) is 39.0 Å². The minimum absolute atomic E-state index is 0.0655.